The molecule has 116 valence electrons. The van der Waals surface area contributed by atoms with Crippen LogP contribution < -0.4 is 0 Å². The molecule has 1 fully saturated rings. The van der Waals surface area contributed by atoms with Crippen molar-refractivity contribution in [1.29, 1.82) is 0 Å². The fourth-order valence-corrected chi connectivity index (χ4v) is 3.33. The number of Topliss-reactive ketones (excluding diaryl/α,β-unsaturated/α-hetero) is 1. The van der Waals surface area contributed by atoms with Gasteiger partial charge in [0.1, 0.15) is 17.5 Å². The molecule has 3 rings (SSSR count). The van der Waals surface area contributed by atoms with E-state index in [2.05, 4.69) is 0 Å². The Labute approximate surface area is 130 Å². The molecule has 1 aromatic rings. The van der Waals surface area contributed by atoms with Gasteiger partial charge in [0, 0.05) is 5.92 Å². The van der Waals surface area contributed by atoms with Crippen molar-refractivity contribution in [2.45, 2.75) is 38.6 Å². The van der Waals surface area contributed by atoms with E-state index in [9.17, 15) is 9.59 Å². The van der Waals surface area contributed by atoms with Crippen LogP contribution in [0, 0.1) is 11.8 Å². The largest absolute Gasteiger partial charge is 0.456 e. The van der Waals surface area contributed by atoms with Crippen LogP contribution in [0.2, 0.25) is 0 Å². The van der Waals surface area contributed by atoms with Crippen LogP contribution in [0.1, 0.15) is 31.1 Å². The third-order valence-corrected chi connectivity index (χ3v) is 4.86. The van der Waals surface area contributed by atoms with Gasteiger partial charge < -0.3 is 9.47 Å². The van der Waals surface area contributed by atoms with Gasteiger partial charge >= 0.3 is 5.97 Å². The highest BCUT2D eigenvalue weighted by atomic mass is 16.6. The molecule has 1 saturated heterocycles. The van der Waals surface area contributed by atoms with E-state index in [0.29, 0.717) is 5.56 Å². The monoisotopic (exact) mass is 300 g/mol. The first kappa shape index (κ1) is 15.0. The van der Waals surface area contributed by atoms with Crippen molar-refractivity contribution in [1.82, 2.24) is 0 Å². The molecule has 0 aromatic heterocycles. The van der Waals surface area contributed by atoms with Crippen molar-refractivity contribution in [3.63, 3.8) is 0 Å². The lowest BCUT2D eigenvalue weighted by Crippen LogP contribution is -2.56. The summed E-state index contributed by atoms with van der Waals surface area (Å²) in [6.07, 6.45) is 3.06. The molecule has 4 nitrogen and oxygen atoms in total. The van der Waals surface area contributed by atoms with Crippen molar-refractivity contribution >= 4 is 11.8 Å². The molecule has 2 bridgehead atoms. The zero-order valence-corrected chi connectivity index (χ0v) is 13.0. The van der Waals surface area contributed by atoms with Crippen molar-refractivity contribution < 1.29 is 19.1 Å². The minimum Gasteiger partial charge on any atom is -0.456 e. The molecule has 0 N–H and O–H groups in total. The second kappa shape index (κ2) is 5.36. The van der Waals surface area contributed by atoms with Gasteiger partial charge in [0.15, 0.2) is 0 Å². The van der Waals surface area contributed by atoms with Gasteiger partial charge in [-0.3, -0.25) is 4.79 Å². The first-order chi connectivity index (χ1) is 10.5. The van der Waals surface area contributed by atoms with Gasteiger partial charge in [0.2, 0.25) is 0 Å². The van der Waals surface area contributed by atoms with Crippen LogP contribution in [0.5, 0.6) is 0 Å². The van der Waals surface area contributed by atoms with Crippen LogP contribution in [0.4, 0.5) is 0 Å². The lowest BCUT2D eigenvalue weighted by atomic mass is 9.77. The van der Waals surface area contributed by atoms with Gasteiger partial charge in [-0.05, 0) is 25.1 Å². The zero-order valence-electron chi connectivity index (χ0n) is 13.0. The summed E-state index contributed by atoms with van der Waals surface area (Å²) in [5.74, 6) is -0.736. The van der Waals surface area contributed by atoms with Gasteiger partial charge in [-0.25, -0.2) is 4.79 Å². The summed E-state index contributed by atoms with van der Waals surface area (Å²) in [5.41, 5.74) is -0.356. The Morgan fingerprint density at radius 1 is 1.27 bits per heavy atom. The quantitative estimate of drug-likeness (QED) is 0.636. The number of ether oxygens (including phenoxy) is 2. The van der Waals surface area contributed by atoms with E-state index in [0.717, 1.165) is 0 Å². The topological polar surface area (TPSA) is 52.6 Å². The van der Waals surface area contributed by atoms with E-state index in [1.54, 1.807) is 31.2 Å². The van der Waals surface area contributed by atoms with Crippen LogP contribution in [-0.4, -0.2) is 29.6 Å². The first-order valence-electron chi connectivity index (χ1n) is 7.62. The molecular weight excluding hydrogens is 280 g/mol. The van der Waals surface area contributed by atoms with Crippen LogP contribution in [-0.2, 0) is 14.3 Å². The maximum atomic E-state index is 12.4. The molecule has 0 unspecified atom stereocenters. The smallest absolute Gasteiger partial charge is 0.338 e. The summed E-state index contributed by atoms with van der Waals surface area (Å²) < 4.78 is 11.7. The SMILES string of the molecule is C[C@@H]1C(=O)[C@H](C)[C@@]2([C@H](C)OC(=O)c3ccccc3)C=C[C@H]1O2. The second-order valence-corrected chi connectivity index (χ2v) is 6.12. The third kappa shape index (κ3) is 2.18. The van der Waals surface area contributed by atoms with E-state index in [4.69, 9.17) is 9.47 Å². The number of fused-ring (bicyclic) bond motifs is 2. The Morgan fingerprint density at radius 2 is 1.95 bits per heavy atom. The number of esters is 1. The molecule has 0 saturated carbocycles. The molecule has 4 heteroatoms. The Kier molecular flexibility index (Phi) is 3.65. The molecule has 0 radical (unpaired) electrons. The van der Waals surface area contributed by atoms with Crippen molar-refractivity contribution in [2.75, 3.05) is 0 Å². The summed E-state index contributed by atoms with van der Waals surface area (Å²) in [7, 11) is 0. The fourth-order valence-electron chi connectivity index (χ4n) is 3.33. The molecule has 0 spiro atoms. The third-order valence-electron chi connectivity index (χ3n) is 4.86. The van der Waals surface area contributed by atoms with Crippen LogP contribution >= 0.6 is 0 Å². The minimum absolute atomic E-state index is 0.154. The van der Waals surface area contributed by atoms with Gasteiger partial charge in [-0.1, -0.05) is 38.1 Å². The summed E-state index contributed by atoms with van der Waals surface area (Å²) in [6, 6.07) is 8.83. The molecule has 0 amide bonds. The molecule has 2 heterocycles. The molecule has 22 heavy (non-hydrogen) atoms. The van der Waals surface area contributed by atoms with E-state index >= 15 is 0 Å². The Morgan fingerprint density at radius 3 is 2.64 bits per heavy atom. The van der Waals surface area contributed by atoms with Gasteiger partial charge in [-0.2, -0.15) is 0 Å². The minimum atomic E-state index is -0.849. The van der Waals surface area contributed by atoms with Gasteiger partial charge in [-0.15, -0.1) is 0 Å². The lowest BCUT2D eigenvalue weighted by molar-refractivity contribution is -0.178. The molecular formula is C18H20O4. The number of hydrogen-bond acceptors (Lipinski definition) is 4. The Bertz CT molecular complexity index is 621. The van der Waals surface area contributed by atoms with Crippen molar-refractivity contribution in [2.24, 2.45) is 11.8 Å². The predicted octanol–water partition coefficient (Wildman–Crippen LogP) is 2.78. The number of carbonyl (C=O) groups is 2. The highest BCUT2D eigenvalue weighted by Gasteiger charge is 2.56. The summed E-state index contributed by atoms with van der Waals surface area (Å²) in [6.45, 7) is 5.51. The molecule has 0 aliphatic carbocycles. The summed E-state index contributed by atoms with van der Waals surface area (Å²) in [4.78, 5) is 24.6. The number of rotatable bonds is 3. The normalized spacial score (nSPS) is 34.5. The Balaban J connectivity index is 1.80. The first-order valence-corrected chi connectivity index (χ1v) is 7.62. The number of hydrogen-bond donors (Lipinski definition) is 0. The fraction of sp³-hybridized carbons (Fsp3) is 0.444. The van der Waals surface area contributed by atoms with Gasteiger partial charge in [0.25, 0.3) is 0 Å². The van der Waals surface area contributed by atoms with Crippen LogP contribution in [0.25, 0.3) is 0 Å². The van der Waals surface area contributed by atoms with Gasteiger partial charge in [0.05, 0.1) is 17.6 Å². The number of benzene rings is 1. The molecule has 5 atom stereocenters. The number of ketones is 1. The van der Waals surface area contributed by atoms with E-state index in [1.165, 1.54) is 0 Å². The van der Waals surface area contributed by atoms with E-state index < -0.39 is 17.7 Å². The highest BCUT2D eigenvalue weighted by molar-refractivity contribution is 5.90. The highest BCUT2D eigenvalue weighted by Crippen LogP contribution is 2.44. The van der Waals surface area contributed by atoms with E-state index in [-0.39, 0.29) is 23.7 Å². The van der Waals surface area contributed by atoms with E-state index in [1.807, 2.05) is 32.1 Å². The molecule has 2 aliphatic heterocycles. The summed E-state index contributed by atoms with van der Waals surface area (Å²) >= 11 is 0. The molecule has 2 aliphatic rings. The molecule has 1 aromatic carbocycles. The lowest BCUT2D eigenvalue weighted by Gasteiger charge is -2.43. The van der Waals surface area contributed by atoms with Crippen molar-refractivity contribution in [3.8, 4) is 0 Å². The zero-order chi connectivity index (χ0) is 15.9. The predicted molar refractivity (Wildman–Crippen MR) is 81.4 cm³/mol. The van der Waals surface area contributed by atoms with Crippen molar-refractivity contribution in [3.05, 3.63) is 48.0 Å². The number of carbonyl (C=O) groups excluding carboxylic acids is 2. The second-order valence-electron chi connectivity index (χ2n) is 6.12. The summed E-state index contributed by atoms with van der Waals surface area (Å²) in [5, 5.41) is 0. The van der Waals surface area contributed by atoms with Crippen LogP contribution in [0.3, 0.4) is 0 Å². The maximum Gasteiger partial charge on any atom is 0.338 e. The Hall–Kier alpha value is -1.94. The average molecular weight is 300 g/mol. The maximum absolute atomic E-state index is 12.4. The standard InChI is InChI=1S/C18H20O4/c1-11-15-9-10-18(22-15,12(2)16(11)19)13(3)21-17(20)14-7-5-4-6-8-14/h4-13,15H,1-3H3/t11-,12-,13-,15+,18+/m0/s1. The average Bonchev–Trinajstić information content (AvgIpc) is 2.96. The van der Waals surface area contributed by atoms with Crippen LogP contribution in [0.15, 0.2) is 42.5 Å².